The van der Waals surface area contributed by atoms with Gasteiger partial charge in [0.05, 0.1) is 12.7 Å². The molecule has 1 aliphatic rings. The van der Waals surface area contributed by atoms with Gasteiger partial charge in [-0.3, -0.25) is 4.79 Å². The number of rotatable bonds is 6. The van der Waals surface area contributed by atoms with E-state index in [0.29, 0.717) is 29.8 Å². The van der Waals surface area contributed by atoms with E-state index in [1.54, 1.807) is 18.3 Å². The summed E-state index contributed by atoms with van der Waals surface area (Å²) in [6.07, 6.45) is 1.33. The first kappa shape index (κ1) is 17.9. The zero-order valence-corrected chi connectivity index (χ0v) is 15.6. The van der Waals surface area contributed by atoms with Gasteiger partial charge in [-0.2, -0.15) is 0 Å². The summed E-state index contributed by atoms with van der Waals surface area (Å²) in [5.74, 6) is -0.156. The molecule has 0 fully saturated rings. The van der Waals surface area contributed by atoms with Gasteiger partial charge in [-0.05, 0) is 44.2 Å². The molecule has 2 aromatic heterocycles. The van der Waals surface area contributed by atoms with Crippen LogP contribution >= 0.6 is 11.3 Å². The van der Waals surface area contributed by atoms with E-state index in [1.807, 2.05) is 25.3 Å². The van der Waals surface area contributed by atoms with Crippen molar-refractivity contribution in [2.24, 2.45) is 0 Å². The standard InChI is InChI=1S/C19H23NO4S/c1-11(2)23-6-7-24-19(22)18-12(3)17-14(20-18)9-13(10-15(17)21)16-5-4-8-25-16/h4-5,8,11,13,20H,6-7,9-10H2,1-3H3/t13-/m0/s1. The number of aromatic nitrogens is 1. The summed E-state index contributed by atoms with van der Waals surface area (Å²) in [5, 5.41) is 2.03. The molecule has 6 heteroatoms. The third kappa shape index (κ3) is 3.85. The fourth-order valence-electron chi connectivity index (χ4n) is 3.25. The molecule has 0 unspecified atom stereocenters. The van der Waals surface area contributed by atoms with Crippen LogP contribution < -0.4 is 0 Å². The number of hydrogen-bond donors (Lipinski definition) is 1. The lowest BCUT2D eigenvalue weighted by Crippen LogP contribution is -2.17. The van der Waals surface area contributed by atoms with Crippen LogP contribution in [0.3, 0.4) is 0 Å². The number of carbonyl (C=O) groups is 2. The van der Waals surface area contributed by atoms with Gasteiger partial charge in [-0.1, -0.05) is 6.07 Å². The Bertz CT molecular complexity index is 761. The van der Waals surface area contributed by atoms with E-state index in [9.17, 15) is 9.59 Å². The number of Topliss-reactive ketones (excluding diaryl/α,β-unsaturated/α-hetero) is 1. The maximum absolute atomic E-state index is 12.6. The van der Waals surface area contributed by atoms with Crippen molar-refractivity contribution in [2.75, 3.05) is 13.2 Å². The smallest absolute Gasteiger partial charge is 0.355 e. The number of thiophene rings is 1. The molecular weight excluding hydrogens is 338 g/mol. The van der Waals surface area contributed by atoms with Crippen LogP contribution in [0.15, 0.2) is 17.5 Å². The Labute approximate surface area is 151 Å². The van der Waals surface area contributed by atoms with Crippen molar-refractivity contribution in [3.63, 3.8) is 0 Å². The highest BCUT2D eigenvalue weighted by Gasteiger charge is 2.32. The van der Waals surface area contributed by atoms with Crippen LogP contribution in [-0.4, -0.2) is 36.1 Å². The van der Waals surface area contributed by atoms with Crippen molar-refractivity contribution in [1.82, 2.24) is 4.98 Å². The molecule has 0 radical (unpaired) electrons. The molecule has 0 saturated carbocycles. The molecule has 1 N–H and O–H groups in total. The lowest BCUT2D eigenvalue weighted by atomic mass is 9.84. The van der Waals surface area contributed by atoms with E-state index in [1.165, 1.54) is 4.88 Å². The van der Waals surface area contributed by atoms with Gasteiger partial charge in [0.15, 0.2) is 5.78 Å². The highest BCUT2D eigenvalue weighted by atomic mass is 32.1. The van der Waals surface area contributed by atoms with Crippen LogP contribution in [0, 0.1) is 6.92 Å². The minimum Gasteiger partial charge on any atom is -0.459 e. The molecule has 0 saturated heterocycles. The van der Waals surface area contributed by atoms with Gasteiger partial charge < -0.3 is 14.5 Å². The number of fused-ring (bicyclic) bond motifs is 1. The maximum atomic E-state index is 12.6. The van der Waals surface area contributed by atoms with E-state index in [0.717, 1.165) is 12.1 Å². The van der Waals surface area contributed by atoms with Crippen LogP contribution in [0.2, 0.25) is 0 Å². The molecule has 0 aromatic carbocycles. The second-order valence-corrected chi connectivity index (χ2v) is 7.56. The lowest BCUT2D eigenvalue weighted by Gasteiger charge is -2.20. The molecule has 0 bridgehead atoms. The lowest BCUT2D eigenvalue weighted by molar-refractivity contribution is 0.0172. The van der Waals surface area contributed by atoms with E-state index in [4.69, 9.17) is 9.47 Å². The van der Waals surface area contributed by atoms with Gasteiger partial charge in [0.2, 0.25) is 0 Å². The Morgan fingerprint density at radius 1 is 1.36 bits per heavy atom. The zero-order chi connectivity index (χ0) is 18.0. The summed E-state index contributed by atoms with van der Waals surface area (Å²) in [6.45, 7) is 6.23. The van der Waals surface area contributed by atoms with Crippen LogP contribution in [0.1, 0.15) is 63.2 Å². The molecule has 1 aliphatic carbocycles. The molecule has 0 aliphatic heterocycles. The number of H-pyrrole nitrogens is 1. The highest BCUT2D eigenvalue weighted by molar-refractivity contribution is 7.10. The predicted molar refractivity (Wildman–Crippen MR) is 96.6 cm³/mol. The van der Waals surface area contributed by atoms with Gasteiger partial charge in [-0.15, -0.1) is 11.3 Å². The average molecular weight is 361 g/mol. The van der Waals surface area contributed by atoms with E-state index < -0.39 is 5.97 Å². The molecule has 0 spiro atoms. The second kappa shape index (κ2) is 7.54. The monoisotopic (exact) mass is 361 g/mol. The first-order chi connectivity index (χ1) is 12.0. The molecular formula is C19H23NO4S. The molecule has 3 rings (SSSR count). The molecule has 0 amide bonds. The average Bonchev–Trinajstić information content (AvgIpc) is 3.19. The third-order valence-corrected chi connectivity index (χ3v) is 5.44. The molecule has 5 nitrogen and oxygen atoms in total. The van der Waals surface area contributed by atoms with Gasteiger partial charge in [0, 0.05) is 28.5 Å². The number of carbonyl (C=O) groups excluding carboxylic acids is 2. The Morgan fingerprint density at radius 2 is 2.16 bits per heavy atom. The molecule has 1 atom stereocenters. The van der Waals surface area contributed by atoms with Crippen LogP contribution in [-0.2, 0) is 15.9 Å². The van der Waals surface area contributed by atoms with Gasteiger partial charge in [-0.25, -0.2) is 4.79 Å². The van der Waals surface area contributed by atoms with E-state index in [2.05, 4.69) is 11.1 Å². The number of aromatic amines is 1. The molecule has 134 valence electrons. The molecule has 25 heavy (non-hydrogen) atoms. The number of esters is 1. The highest BCUT2D eigenvalue weighted by Crippen LogP contribution is 2.36. The van der Waals surface area contributed by atoms with Crippen molar-refractivity contribution in [2.45, 2.75) is 45.6 Å². The van der Waals surface area contributed by atoms with Gasteiger partial charge in [0.25, 0.3) is 0 Å². The van der Waals surface area contributed by atoms with Crippen molar-refractivity contribution < 1.29 is 19.1 Å². The summed E-state index contributed by atoms with van der Waals surface area (Å²) in [4.78, 5) is 29.3. The minimum absolute atomic E-state index is 0.0931. The second-order valence-electron chi connectivity index (χ2n) is 6.58. The first-order valence-electron chi connectivity index (χ1n) is 8.54. The topological polar surface area (TPSA) is 68.4 Å². The van der Waals surface area contributed by atoms with Crippen molar-refractivity contribution in [3.05, 3.63) is 44.9 Å². The number of nitrogens with one attached hydrogen (secondary N) is 1. The number of hydrogen-bond acceptors (Lipinski definition) is 5. The van der Waals surface area contributed by atoms with Gasteiger partial charge >= 0.3 is 5.97 Å². The quantitative estimate of drug-likeness (QED) is 0.626. The summed E-state index contributed by atoms with van der Waals surface area (Å²) in [5.41, 5.74) is 2.59. The Morgan fingerprint density at radius 3 is 2.84 bits per heavy atom. The zero-order valence-electron chi connectivity index (χ0n) is 14.8. The summed E-state index contributed by atoms with van der Waals surface area (Å²) < 4.78 is 10.6. The van der Waals surface area contributed by atoms with E-state index in [-0.39, 0.29) is 24.4 Å². The molecule has 2 aromatic rings. The Balaban J connectivity index is 1.73. The Hall–Kier alpha value is -1.92. The number of ketones is 1. The number of ether oxygens (including phenoxy) is 2. The fourth-order valence-corrected chi connectivity index (χ4v) is 4.08. The molecule has 2 heterocycles. The Kier molecular flexibility index (Phi) is 5.39. The first-order valence-corrected chi connectivity index (χ1v) is 9.42. The van der Waals surface area contributed by atoms with Crippen molar-refractivity contribution in [1.29, 1.82) is 0 Å². The summed E-state index contributed by atoms with van der Waals surface area (Å²) >= 11 is 1.67. The minimum atomic E-state index is -0.431. The predicted octanol–water partition coefficient (Wildman–Crippen LogP) is 3.88. The third-order valence-electron chi connectivity index (χ3n) is 4.41. The van der Waals surface area contributed by atoms with Crippen LogP contribution in [0.5, 0.6) is 0 Å². The largest absolute Gasteiger partial charge is 0.459 e. The van der Waals surface area contributed by atoms with Crippen molar-refractivity contribution in [3.8, 4) is 0 Å². The van der Waals surface area contributed by atoms with Crippen LogP contribution in [0.4, 0.5) is 0 Å². The summed E-state index contributed by atoms with van der Waals surface area (Å²) in [6, 6.07) is 4.06. The SMILES string of the molecule is Cc1c(C(=O)OCCOC(C)C)[nH]c2c1C(=O)C[C@@H](c1cccs1)C2. The van der Waals surface area contributed by atoms with Gasteiger partial charge in [0.1, 0.15) is 12.3 Å². The normalized spacial score (nSPS) is 17.0. The van der Waals surface area contributed by atoms with Crippen LogP contribution in [0.25, 0.3) is 0 Å². The fraction of sp³-hybridized carbons (Fsp3) is 0.474. The maximum Gasteiger partial charge on any atom is 0.355 e. The van der Waals surface area contributed by atoms with Crippen molar-refractivity contribution >= 4 is 23.1 Å². The summed E-state index contributed by atoms with van der Waals surface area (Å²) in [7, 11) is 0. The van der Waals surface area contributed by atoms with E-state index >= 15 is 0 Å².